The largest absolute Gasteiger partial charge is 0.313 e. The van der Waals surface area contributed by atoms with Gasteiger partial charge in [-0.15, -0.1) is 0 Å². The molecule has 1 N–H and O–H groups in total. The molecular weight excluding hydrogens is 313 g/mol. The Morgan fingerprint density at radius 2 is 1.90 bits per heavy atom. The molecule has 0 heterocycles. The molecule has 0 bridgehead atoms. The van der Waals surface area contributed by atoms with Crippen LogP contribution >= 0.6 is 34.8 Å². The third-order valence-corrected chi connectivity index (χ3v) is 5.41. The second kappa shape index (κ2) is 7.89. The van der Waals surface area contributed by atoms with Gasteiger partial charge in [0.15, 0.2) is 0 Å². The van der Waals surface area contributed by atoms with Crippen LogP contribution in [0.3, 0.4) is 0 Å². The highest BCUT2D eigenvalue weighted by atomic mass is 35.5. The molecule has 2 rings (SSSR count). The minimum atomic E-state index is 0.564. The van der Waals surface area contributed by atoms with E-state index in [1.54, 1.807) is 12.1 Å². The molecule has 2 unspecified atom stereocenters. The van der Waals surface area contributed by atoms with Crippen molar-refractivity contribution in [3.63, 3.8) is 0 Å². The molecule has 20 heavy (non-hydrogen) atoms. The maximum atomic E-state index is 6.19. The van der Waals surface area contributed by atoms with Crippen molar-refractivity contribution in [2.45, 2.75) is 45.6 Å². The number of hydrogen-bond donors (Lipinski definition) is 1. The highest BCUT2D eigenvalue weighted by Gasteiger charge is 2.18. The van der Waals surface area contributed by atoms with Gasteiger partial charge in [0.1, 0.15) is 0 Å². The number of halogens is 3. The minimum absolute atomic E-state index is 0.564. The molecule has 2 atom stereocenters. The van der Waals surface area contributed by atoms with Crippen LogP contribution in [0.4, 0.5) is 0 Å². The quantitative estimate of drug-likeness (QED) is 0.518. The summed E-state index contributed by atoms with van der Waals surface area (Å²) in [5.74, 6) is 1.77. The van der Waals surface area contributed by atoms with E-state index < -0.39 is 0 Å². The second-order valence-corrected chi connectivity index (χ2v) is 7.12. The van der Waals surface area contributed by atoms with Crippen LogP contribution in [0.25, 0.3) is 0 Å². The van der Waals surface area contributed by atoms with E-state index in [1.165, 1.54) is 32.1 Å². The van der Waals surface area contributed by atoms with Gasteiger partial charge in [-0.25, -0.2) is 0 Å². The van der Waals surface area contributed by atoms with Crippen LogP contribution in [0.1, 0.15) is 44.6 Å². The summed E-state index contributed by atoms with van der Waals surface area (Å²) in [5.41, 5.74) is 0.901. The molecule has 0 aliphatic heterocycles. The minimum Gasteiger partial charge on any atom is -0.313 e. The third-order valence-electron chi connectivity index (χ3n) is 4.22. The fraction of sp³-hybridized carbons (Fsp3) is 0.625. The molecule has 1 aliphatic rings. The van der Waals surface area contributed by atoms with E-state index in [0.29, 0.717) is 21.6 Å². The van der Waals surface area contributed by atoms with Crippen LogP contribution < -0.4 is 5.32 Å². The molecule has 1 nitrogen and oxygen atoms in total. The number of rotatable bonds is 5. The first-order valence-corrected chi connectivity index (χ1v) is 8.54. The number of nitrogens with one attached hydrogen (secondary N) is 1. The molecular formula is C16H22Cl3N. The van der Waals surface area contributed by atoms with Crippen molar-refractivity contribution in [1.29, 1.82) is 0 Å². The Balaban J connectivity index is 1.77. The van der Waals surface area contributed by atoms with E-state index in [2.05, 4.69) is 12.2 Å². The molecule has 0 amide bonds. The van der Waals surface area contributed by atoms with Crippen molar-refractivity contribution in [2.75, 3.05) is 6.54 Å². The predicted molar refractivity (Wildman–Crippen MR) is 88.9 cm³/mol. The van der Waals surface area contributed by atoms with Crippen molar-refractivity contribution >= 4 is 34.8 Å². The summed E-state index contributed by atoms with van der Waals surface area (Å²) in [7, 11) is 0. The maximum Gasteiger partial charge on any atom is 0.0652 e. The third kappa shape index (κ3) is 4.53. The Labute approximate surface area is 137 Å². The van der Waals surface area contributed by atoms with Crippen molar-refractivity contribution in [3.8, 4) is 0 Å². The van der Waals surface area contributed by atoms with Gasteiger partial charge >= 0.3 is 0 Å². The van der Waals surface area contributed by atoms with E-state index in [9.17, 15) is 0 Å². The Morgan fingerprint density at radius 3 is 2.65 bits per heavy atom. The lowest BCUT2D eigenvalue weighted by molar-refractivity contribution is 0.267. The average molecular weight is 335 g/mol. The smallest absolute Gasteiger partial charge is 0.0652 e. The van der Waals surface area contributed by atoms with Crippen LogP contribution in [-0.4, -0.2) is 6.54 Å². The van der Waals surface area contributed by atoms with Crippen molar-refractivity contribution in [2.24, 2.45) is 11.8 Å². The first kappa shape index (κ1) is 16.4. The molecule has 1 aliphatic carbocycles. The first-order chi connectivity index (χ1) is 9.58. The lowest BCUT2D eigenvalue weighted by atomic mass is 9.81. The van der Waals surface area contributed by atoms with Crippen molar-refractivity contribution in [3.05, 3.63) is 32.8 Å². The molecule has 1 aromatic carbocycles. The van der Waals surface area contributed by atoms with Gasteiger partial charge in [-0.1, -0.05) is 61.0 Å². The standard InChI is InChI=1S/C16H22Cl3N/c1-11-3-2-4-12(9-11)7-8-20-10-13-14(17)5-6-15(18)16(13)19/h5-6,11-12,20H,2-4,7-10H2,1H3. The van der Waals surface area contributed by atoms with Gasteiger partial charge < -0.3 is 5.32 Å². The average Bonchev–Trinajstić information content (AvgIpc) is 2.42. The predicted octanol–water partition coefficient (Wildman–Crippen LogP) is 5.95. The Bertz CT molecular complexity index is 448. The summed E-state index contributed by atoms with van der Waals surface area (Å²) in [6, 6.07) is 3.54. The normalized spacial score (nSPS) is 23.0. The fourth-order valence-electron chi connectivity index (χ4n) is 3.07. The Morgan fingerprint density at radius 1 is 1.15 bits per heavy atom. The van der Waals surface area contributed by atoms with E-state index in [-0.39, 0.29) is 0 Å². The van der Waals surface area contributed by atoms with Crippen LogP contribution in [0, 0.1) is 11.8 Å². The summed E-state index contributed by atoms with van der Waals surface area (Å²) in [4.78, 5) is 0. The molecule has 112 valence electrons. The topological polar surface area (TPSA) is 12.0 Å². The van der Waals surface area contributed by atoms with Gasteiger partial charge in [0.25, 0.3) is 0 Å². The monoisotopic (exact) mass is 333 g/mol. The van der Waals surface area contributed by atoms with Crippen LogP contribution in [0.2, 0.25) is 15.1 Å². The van der Waals surface area contributed by atoms with Crippen LogP contribution in [0.15, 0.2) is 12.1 Å². The fourth-order valence-corrected chi connectivity index (χ4v) is 3.75. The SMILES string of the molecule is CC1CCCC(CCNCc2c(Cl)ccc(Cl)c2Cl)C1. The van der Waals surface area contributed by atoms with E-state index in [4.69, 9.17) is 34.8 Å². The van der Waals surface area contributed by atoms with Crippen LogP contribution in [0.5, 0.6) is 0 Å². The highest BCUT2D eigenvalue weighted by Crippen LogP contribution is 2.32. The summed E-state index contributed by atoms with van der Waals surface area (Å²) >= 11 is 18.4. The van der Waals surface area contributed by atoms with Crippen molar-refractivity contribution in [1.82, 2.24) is 5.32 Å². The van der Waals surface area contributed by atoms with Gasteiger partial charge in [-0.05, 0) is 43.4 Å². The molecule has 1 aromatic rings. The lowest BCUT2D eigenvalue weighted by Gasteiger charge is -2.26. The van der Waals surface area contributed by atoms with Gasteiger partial charge in [0, 0.05) is 17.1 Å². The number of hydrogen-bond acceptors (Lipinski definition) is 1. The van der Waals surface area contributed by atoms with E-state index in [1.807, 2.05) is 0 Å². The van der Waals surface area contributed by atoms with Gasteiger partial charge in [-0.3, -0.25) is 0 Å². The highest BCUT2D eigenvalue weighted by molar-refractivity contribution is 6.44. The van der Waals surface area contributed by atoms with Gasteiger partial charge in [0.2, 0.25) is 0 Å². The summed E-state index contributed by atoms with van der Waals surface area (Å²) in [6.45, 7) is 4.06. The van der Waals surface area contributed by atoms with Crippen LogP contribution in [-0.2, 0) is 6.54 Å². The van der Waals surface area contributed by atoms with E-state index >= 15 is 0 Å². The Kier molecular flexibility index (Phi) is 6.48. The van der Waals surface area contributed by atoms with E-state index in [0.717, 1.165) is 23.9 Å². The zero-order valence-corrected chi connectivity index (χ0v) is 14.2. The lowest BCUT2D eigenvalue weighted by Crippen LogP contribution is -2.21. The molecule has 0 saturated heterocycles. The van der Waals surface area contributed by atoms with Gasteiger partial charge in [0.05, 0.1) is 10.0 Å². The second-order valence-electron chi connectivity index (χ2n) is 5.92. The summed E-state index contributed by atoms with van der Waals surface area (Å²) in [6.07, 6.45) is 6.78. The zero-order valence-electron chi connectivity index (χ0n) is 11.9. The first-order valence-electron chi connectivity index (χ1n) is 7.41. The molecule has 0 aromatic heterocycles. The molecule has 0 radical (unpaired) electrons. The molecule has 1 fully saturated rings. The maximum absolute atomic E-state index is 6.19. The van der Waals surface area contributed by atoms with Gasteiger partial charge in [-0.2, -0.15) is 0 Å². The zero-order chi connectivity index (χ0) is 14.5. The Hall–Kier alpha value is 0.0500. The summed E-state index contributed by atoms with van der Waals surface area (Å²) in [5, 5.41) is 5.26. The number of benzene rings is 1. The summed E-state index contributed by atoms with van der Waals surface area (Å²) < 4.78 is 0. The molecule has 0 spiro atoms. The molecule has 1 saturated carbocycles. The van der Waals surface area contributed by atoms with Crippen molar-refractivity contribution < 1.29 is 0 Å². The molecule has 4 heteroatoms.